The number of hydrogen-bond acceptors (Lipinski definition) is 2. The molecule has 1 amide bonds. The largest absolute Gasteiger partial charge is 0.393 e. The monoisotopic (exact) mass is 270 g/mol. The van der Waals surface area contributed by atoms with E-state index in [0.717, 1.165) is 31.6 Å². The summed E-state index contributed by atoms with van der Waals surface area (Å²) in [6.07, 6.45) is 5.02. The summed E-state index contributed by atoms with van der Waals surface area (Å²) in [5, 5.41) is 3.13. The Morgan fingerprint density at radius 2 is 2.06 bits per heavy atom. The van der Waals surface area contributed by atoms with E-state index in [1.165, 1.54) is 6.42 Å². The molecule has 18 heavy (non-hydrogen) atoms. The van der Waals surface area contributed by atoms with Crippen LogP contribution in [0.1, 0.15) is 52.9 Å². The molecule has 0 saturated heterocycles. The van der Waals surface area contributed by atoms with Gasteiger partial charge in [0, 0.05) is 6.04 Å². The molecule has 0 aliphatic heterocycles. The van der Waals surface area contributed by atoms with Crippen molar-refractivity contribution in [2.24, 2.45) is 23.5 Å². The van der Waals surface area contributed by atoms with Gasteiger partial charge in [0.15, 0.2) is 0 Å². The Hall–Kier alpha value is -0.640. The van der Waals surface area contributed by atoms with Crippen LogP contribution in [0.15, 0.2) is 0 Å². The van der Waals surface area contributed by atoms with Gasteiger partial charge in [0.25, 0.3) is 0 Å². The first-order valence-corrected chi connectivity index (χ1v) is 7.46. The number of amides is 1. The quantitative estimate of drug-likeness (QED) is 0.755. The molecule has 0 bridgehead atoms. The molecule has 0 aromatic heterocycles. The highest BCUT2D eigenvalue weighted by Gasteiger charge is 2.28. The van der Waals surface area contributed by atoms with Crippen LogP contribution >= 0.6 is 12.2 Å². The van der Waals surface area contributed by atoms with Crippen LogP contribution in [0, 0.1) is 17.8 Å². The van der Waals surface area contributed by atoms with Crippen molar-refractivity contribution in [3.05, 3.63) is 0 Å². The number of nitrogens with one attached hydrogen (secondary N) is 1. The van der Waals surface area contributed by atoms with Crippen molar-refractivity contribution in [1.82, 2.24) is 5.32 Å². The second-order valence-electron chi connectivity index (χ2n) is 5.72. The van der Waals surface area contributed by atoms with Gasteiger partial charge >= 0.3 is 0 Å². The van der Waals surface area contributed by atoms with Gasteiger partial charge in [-0.15, -0.1) is 0 Å². The van der Waals surface area contributed by atoms with Crippen molar-refractivity contribution in [1.29, 1.82) is 0 Å². The lowest BCUT2D eigenvalue weighted by atomic mass is 9.79. The normalized spacial score (nSPS) is 29.6. The fraction of sp³-hybridized carbons (Fsp3) is 0.857. The van der Waals surface area contributed by atoms with Crippen molar-refractivity contribution in [2.75, 3.05) is 0 Å². The fourth-order valence-corrected chi connectivity index (χ4v) is 2.90. The molecular weight excluding hydrogens is 244 g/mol. The SMILES string of the molecule is CCCC(C(=O)NC1CCC(C)C(C)C1)C(N)=S. The molecule has 1 aliphatic rings. The Morgan fingerprint density at radius 1 is 1.39 bits per heavy atom. The second kappa shape index (κ2) is 7.07. The van der Waals surface area contributed by atoms with E-state index in [1.54, 1.807) is 0 Å². The topological polar surface area (TPSA) is 55.1 Å². The van der Waals surface area contributed by atoms with E-state index in [-0.39, 0.29) is 11.8 Å². The maximum absolute atomic E-state index is 12.2. The van der Waals surface area contributed by atoms with Crippen molar-refractivity contribution < 1.29 is 4.79 Å². The van der Waals surface area contributed by atoms with Crippen LogP contribution in [-0.2, 0) is 4.79 Å². The molecule has 1 saturated carbocycles. The van der Waals surface area contributed by atoms with Gasteiger partial charge < -0.3 is 11.1 Å². The summed E-state index contributed by atoms with van der Waals surface area (Å²) in [4.78, 5) is 12.5. The number of carbonyl (C=O) groups is 1. The van der Waals surface area contributed by atoms with Gasteiger partial charge in [-0.1, -0.05) is 39.4 Å². The smallest absolute Gasteiger partial charge is 0.230 e. The highest BCUT2D eigenvalue weighted by Crippen LogP contribution is 2.29. The van der Waals surface area contributed by atoms with Crippen LogP contribution in [0.3, 0.4) is 0 Å². The highest BCUT2D eigenvalue weighted by atomic mass is 32.1. The van der Waals surface area contributed by atoms with Crippen molar-refractivity contribution in [3.8, 4) is 0 Å². The van der Waals surface area contributed by atoms with Crippen LogP contribution in [-0.4, -0.2) is 16.9 Å². The van der Waals surface area contributed by atoms with Gasteiger partial charge in [0.2, 0.25) is 5.91 Å². The van der Waals surface area contributed by atoms with Gasteiger partial charge in [-0.3, -0.25) is 4.79 Å². The Morgan fingerprint density at radius 3 is 2.56 bits per heavy atom. The number of carbonyl (C=O) groups excluding carboxylic acids is 1. The molecule has 1 fully saturated rings. The Bertz CT molecular complexity index is 306. The second-order valence-corrected chi connectivity index (χ2v) is 6.19. The minimum atomic E-state index is -0.292. The van der Waals surface area contributed by atoms with Crippen molar-refractivity contribution >= 4 is 23.1 Å². The summed E-state index contributed by atoms with van der Waals surface area (Å²) in [6, 6.07) is 0.303. The predicted octanol–water partition coefficient (Wildman–Crippen LogP) is 2.63. The van der Waals surface area contributed by atoms with Crippen LogP contribution in [0.25, 0.3) is 0 Å². The molecule has 3 N–H and O–H groups in total. The molecule has 0 radical (unpaired) electrons. The number of hydrogen-bond donors (Lipinski definition) is 2. The molecule has 4 atom stereocenters. The van der Waals surface area contributed by atoms with Gasteiger partial charge in [0.05, 0.1) is 10.9 Å². The van der Waals surface area contributed by atoms with E-state index in [4.69, 9.17) is 18.0 Å². The lowest BCUT2D eigenvalue weighted by Crippen LogP contribution is -2.45. The maximum Gasteiger partial charge on any atom is 0.230 e. The number of thiocarbonyl (C=S) groups is 1. The minimum absolute atomic E-state index is 0.0242. The van der Waals surface area contributed by atoms with E-state index >= 15 is 0 Å². The average molecular weight is 270 g/mol. The molecule has 104 valence electrons. The summed E-state index contributed by atoms with van der Waals surface area (Å²) in [5.74, 6) is 1.18. The molecule has 0 aromatic rings. The van der Waals surface area contributed by atoms with Gasteiger partial charge in [-0.05, 0) is 37.5 Å². The number of rotatable bonds is 5. The minimum Gasteiger partial charge on any atom is -0.393 e. The van der Waals surface area contributed by atoms with E-state index in [2.05, 4.69) is 19.2 Å². The lowest BCUT2D eigenvalue weighted by Gasteiger charge is -2.33. The van der Waals surface area contributed by atoms with E-state index < -0.39 is 0 Å². The molecule has 0 aromatic carbocycles. The van der Waals surface area contributed by atoms with Gasteiger partial charge in [-0.2, -0.15) is 0 Å². The third kappa shape index (κ3) is 4.23. The third-order valence-electron chi connectivity index (χ3n) is 4.18. The summed E-state index contributed by atoms with van der Waals surface area (Å²) in [7, 11) is 0. The van der Waals surface area contributed by atoms with E-state index in [1.807, 2.05) is 6.92 Å². The summed E-state index contributed by atoms with van der Waals surface area (Å²) >= 11 is 4.99. The molecule has 0 heterocycles. The zero-order chi connectivity index (χ0) is 13.7. The van der Waals surface area contributed by atoms with Crippen LogP contribution in [0.2, 0.25) is 0 Å². The van der Waals surface area contributed by atoms with Crippen LogP contribution < -0.4 is 11.1 Å². The zero-order valence-corrected chi connectivity index (χ0v) is 12.6. The Kier molecular flexibility index (Phi) is 6.06. The molecule has 0 spiro atoms. The van der Waals surface area contributed by atoms with Crippen molar-refractivity contribution in [2.45, 2.75) is 58.9 Å². The standard InChI is InChI=1S/C14H26N2OS/c1-4-5-12(13(15)18)14(17)16-11-7-6-9(2)10(3)8-11/h9-12H,4-8H2,1-3H3,(H2,15,18)(H,16,17). The van der Waals surface area contributed by atoms with E-state index in [0.29, 0.717) is 16.9 Å². The first-order chi connectivity index (χ1) is 8.45. The molecule has 1 rings (SSSR count). The Labute approximate surface area is 116 Å². The summed E-state index contributed by atoms with van der Waals surface area (Å²) in [5.41, 5.74) is 5.65. The number of nitrogens with two attached hydrogens (primary N) is 1. The first-order valence-electron chi connectivity index (χ1n) is 7.05. The van der Waals surface area contributed by atoms with Gasteiger partial charge in [0.1, 0.15) is 0 Å². The first kappa shape index (κ1) is 15.4. The predicted molar refractivity (Wildman–Crippen MR) is 79.3 cm³/mol. The average Bonchev–Trinajstić information content (AvgIpc) is 2.30. The molecule has 4 heteroatoms. The summed E-state index contributed by atoms with van der Waals surface area (Å²) < 4.78 is 0. The van der Waals surface area contributed by atoms with E-state index in [9.17, 15) is 4.79 Å². The molecular formula is C14H26N2OS. The fourth-order valence-electron chi connectivity index (χ4n) is 2.67. The Balaban J connectivity index is 2.50. The zero-order valence-electron chi connectivity index (χ0n) is 11.7. The van der Waals surface area contributed by atoms with Crippen molar-refractivity contribution in [3.63, 3.8) is 0 Å². The lowest BCUT2D eigenvalue weighted by molar-refractivity contribution is -0.124. The highest BCUT2D eigenvalue weighted by molar-refractivity contribution is 7.80. The molecule has 4 unspecified atom stereocenters. The maximum atomic E-state index is 12.2. The van der Waals surface area contributed by atoms with Crippen LogP contribution in [0.5, 0.6) is 0 Å². The summed E-state index contributed by atoms with van der Waals surface area (Å²) in [6.45, 7) is 6.60. The third-order valence-corrected chi connectivity index (χ3v) is 4.47. The van der Waals surface area contributed by atoms with Crippen LogP contribution in [0.4, 0.5) is 0 Å². The molecule has 1 aliphatic carbocycles. The van der Waals surface area contributed by atoms with Gasteiger partial charge in [-0.25, -0.2) is 0 Å². The molecule has 3 nitrogen and oxygen atoms in total.